The Labute approximate surface area is 110 Å². The average molecular weight is 258 g/mol. The predicted octanol–water partition coefficient (Wildman–Crippen LogP) is 2.17. The molecule has 1 atom stereocenters. The number of carboxylic acid groups (broad SMARTS) is 1. The second-order valence-corrected chi connectivity index (χ2v) is 6.39. The van der Waals surface area contributed by atoms with Gasteiger partial charge in [-0.1, -0.05) is 34.6 Å². The van der Waals surface area contributed by atoms with E-state index < -0.39 is 12.0 Å². The molecule has 0 aromatic carbocycles. The molecule has 0 heterocycles. The highest BCUT2D eigenvalue weighted by Crippen LogP contribution is 2.14. The second-order valence-electron chi connectivity index (χ2n) is 6.39. The first kappa shape index (κ1) is 16.7. The van der Waals surface area contributed by atoms with Gasteiger partial charge in [0.1, 0.15) is 6.04 Å². The van der Waals surface area contributed by atoms with E-state index in [-0.39, 0.29) is 17.4 Å². The van der Waals surface area contributed by atoms with Crippen LogP contribution in [0.2, 0.25) is 0 Å². The summed E-state index contributed by atoms with van der Waals surface area (Å²) in [5.41, 5.74) is -0.0111. The monoisotopic (exact) mass is 258 g/mol. The van der Waals surface area contributed by atoms with Crippen molar-refractivity contribution < 1.29 is 14.7 Å². The summed E-state index contributed by atoms with van der Waals surface area (Å²) in [7, 11) is 1.68. The molecule has 0 saturated heterocycles. The molecule has 0 unspecified atom stereocenters. The number of carbonyl (C=O) groups is 2. The molecule has 0 rings (SSSR count). The van der Waals surface area contributed by atoms with Gasteiger partial charge in [0.05, 0.1) is 0 Å². The fourth-order valence-electron chi connectivity index (χ4n) is 1.74. The number of rotatable bonds is 5. The zero-order chi connectivity index (χ0) is 14.5. The van der Waals surface area contributed by atoms with Crippen LogP contribution in [-0.4, -0.2) is 41.6 Å². The van der Waals surface area contributed by atoms with Gasteiger partial charge in [-0.3, -0.25) is 0 Å². The van der Waals surface area contributed by atoms with Gasteiger partial charge in [0.25, 0.3) is 0 Å². The first-order chi connectivity index (χ1) is 8.03. The van der Waals surface area contributed by atoms with Gasteiger partial charge in [0.15, 0.2) is 0 Å². The second kappa shape index (κ2) is 6.61. The van der Waals surface area contributed by atoms with Gasteiger partial charge < -0.3 is 15.3 Å². The van der Waals surface area contributed by atoms with Crippen LogP contribution in [0.4, 0.5) is 4.79 Å². The van der Waals surface area contributed by atoms with E-state index in [2.05, 4.69) is 5.32 Å². The highest BCUT2D eigenvalue weighted by molar-refractivity contribution is 5.82. The summed E-state index contributed by atoms with van der Waals surface area (Å²) < 4.78 is 0. The molecule has 0 saturated carbocycles. The van der Waals surface area contributed by atoms with Crippen LogP contribution in [0.5, 0.6) is 0 Å². The van der Waals surface area contributed by atoms with E-state index in [4.69, 9.17) is 5.11 Å². The van der Waals surface area contributed by atoms with E-state index in [1.807, 2.05) is 34.6 Å². The lowest BCUT2D eigenvalue weighted by molar-refractivity contribution is -0.139. The molecule has 0 spiro atoms. The van der Waals surface area contributed by atoms with Crippen LogP contribution in [0.15, 0.2) is 0 Å². The molecule has 5 nitrogen and oxygen atoms in total. The Morgan fingerprint density at radius 2 is 1.78 bits per heavy atom. The third kappa shape index (κ3) is 7.14. The Bertz CT molecular complexity index is 295. The van der Waals surface area contributed by atoms with Gasteiger partial charge in [0.2, 0.25) is 0 Å². The molecule has 106 valence electrons. The molecule has 0 fully saturated rings. The van der Waals surface area contributed by atoms with Gasteiger partial charge in [-0.25, -0.2) is 9.59 Å². The third-order valence-electron chi connectivity index (χ3n) is 2.36. The first-order valence-electron chi connectivity index (χ1n) is 6.27. The number of hydrogen-bond acceptors (Lipinski definition) is 2. The predicted molar refractivity (Wildman–Crippen MR) is 71.5 cm³/mol. The summed E-state index contributed by atoms with van der Waals surface area (Å²) in [6.07, 6.45) is 0.435. The molecule has 0 aromatic heterocycles. The summed E-state index contributed by atoms with van der Waals surface area (Å²) in [4.78, 5) is 24.4. The van der Waals surface area contributed by atoms with Crippen molar-refractivity contribution in [3.8, 4) is 0 Å². The zero-order valence-electron chi connectivity index (χ0n) is 12.3. The normalized spacial score (nSPS) is 13.3. The maximum Gasteiger partial charge on any atom is 0.326 e. The number of aliphatic carboxylic acids is 1. The summed E-state index contributed by atoms with van der Waals surface area (Å²) >= 11 is 0. The Morgan fingerprint density at radius 1 is 1.28 bits per heavy atom. The van der Waals surface area contributed by atoms with Gasteiger partial charge in [-0.15, -0.1) is 0 Å². The standard InChI is InChI=1S/C13H26N2O3/c1-9(2)7-10(11(16)17)14-12(18)15(6)8-13(3,4)5/h9-10H,7-8H2,1-6H3,(H,14,18)(H,16,17)/t10-/m0/s1. The van der Waals surface area contributed by atoms with E-state index in [0.29, 0.717) is 13.0 Å². The summed E-state index contributed by atoms with van der Waals surface area (Å²) in [5.74, 6) is -0.763. The number of nitrogens with one attached hydrogen (secondary N) is 1. The number of carbonyl (C=O) groups excluding carboxylic acids is 1. The summed E-state index contributed by atoms with van der Waals surface area (Å²) in [6, 6.07) is -1.15. The van der Waals surface area contributed by atoms with Crippen LogP contribution < -0.4 is 5.32 Å². The lowest BCUT2D eigenvalue weighted by atomic mass is 9.96. The fourth-order valence-corrected chi connectivity index (χ4v) is 1.74. The van der Waals surface area contributed by atoms with Crippen LogP contribution in [-0.2, 0) is 4.79 Å². The maximum atomic E-state index is 11.9. The lowest BCUT2D eigenvalue weighted by Crippen LogP contribution is -2.48. The molecule has 0 aliphatic carbocycles. The minimum atomic E-state index is -0.985. The van der Waals surface area contributed by atoms with Crippen LogP contribution in [0.3, 0.4) is 0 Å². The molecular formula is C13H26N2O3. The molecule has 2 amide bonds. The Hall–Kier alpha value is -1.26. The maximum absolute atomic E-state index is 11.9. The number of carboxylic acids is 1. The van der Waals surface area contributed by atoms with Gasteiger partial charge in [-0.2, -0.15) is 0 Å². The van der Waals surface area contributed by atoms with Crippen molar-refractivity contribution in [1.29, 1.82) is 0 Å². The largest absolute Gasteiger partial charge is 0.480 e. The highest BCUT2D eigenvalue weighted by atomic mass is 16.4. The first-order valence-corrected chi connectivity index (χ1v) is 6.27. The van der Waals surface area contributed by atoms with Crippen molar-refractivity contribution in [2.45, 2.75) is 47.1 Å². The minimum Gasteiger partial charge on any atom is -0.480 e. The number of amides is 2. The van der Waals surface area contributed by atoms with Crippen molar-refractivity contribution in [2.75, 3.05) is 13.6 Å². The van der Waals surface area contributed by atoms with Gasteiger partial charge in [-0.05, 0) is 17.8 Å². The molecule has 18 heavy (non-hydrogen) atoms. The Balaban J connectivity index is 4.46. The Morgan fingerprint density at radius 3 is 2.11 bits per heavy atom. The molecule has 0 aromatic rings. The van der Waals surface area contributed by atoms with Crippen molar-refractivity contribution >= 4 is 12.0 Å². The Kier molecular flexibility index (Phi) is 6.15. The van der Waals surface area contributed by atoms with E-state index in [1.54, 1.807) is 7.05 Å². The molecule has 2 N–H and O–H groups in total. The quantitative estimate of drug-likeness (QED) is 0.794. The van der Waals surface area contributed by atoms with E-state index in [9.17, 15) is 9.59 Å². The molecule has 0 bridgehead atoms. The van der Waals surface area contributed by atoms with Gasteiger partial charge >= 0.3 is 12.0 Å². The highest BCUT2D eigenvalue weighted by Gasteiger charge is 2.24. The SMILES string of the molecule is CC(C)C[C@H](NC(=O)N(C)CC(C)(C)C)C(=O)O. The van der Waals surface area contributed by atoms with Crippen LogP contribution >= 0.6 is 0 Å². The summed E-state index contributed by atoms with van der Waals surface area (Å²) in [6.45, 7) is 10.5. The van der Waals surface area contributed by atoms with E-state index >= 15 is 0 Å². The van der Waals surface area contributed by atoms with Crippen molar-refractivity contribution in [3.63, 3.8) is 0 Å². The topological polar surface area (TPSA) is 69.6 Å². The van der Waals surface area contributed by atoms with Crippen LogP contribution in [0.1, 0.15) is 41.0 Å². The average Bonchev–Trinajstić information content (AvgIpc) is 2.12. The molecule has 0 radical (unpaired) electrons. The van der Waals surface area contributed by atoms with E-state index in [0.717, 1.165) is 0 Å². The number of hydrogen-bond donors (Lipinski definition) is 2. The van der Waals surface area contributed by atoms with Gasteiger partial charge in [0, 0.05) is 13.6 Å². The lowest BCUT2D eigenvalue weighted by Gasteiger charge is -2.28. The van der Waals surface area contributed by atoms with E-state index in [1.165, 1.54) is 4.90 Å². The van der Waals surface area contributed by atoms with Crippen molar-refractivity contribution in [2.24, 2.45) is 11.3 Å². The van der Waals surface area contributed by atoms with Crippen molar-refractivity contribution in [1.82, 2.24) is 10.2 Å². The number of urea groups is 1. The third-order valence-corrected chi connectivity index (χ3v) is 2.36. The minimum absolute atomic E-state index is 0.0111. The van der Waals surface area contributed by atoms with Crippen LogP contribution in [0, 0.1) is 11.3 Å². The molecule has 5 heteroatoms. The van der Waals surface area contributed by atoms with Crippen LogP contribution in [0.25, 0.3) is 0 Å². The van der Waals surface area contributed by atoms with Crippen molar-refractivity contribution in [3.05, 3.63) is 0 Å². The molecule has 0 aliphatic heterocycles. The fraction of sp³-hybridized carbons (Fsp3) is 0.846. The summed E-state index contributed by atoms with van der Waals surface area (Å²) in [5, 5.41) is 11.6. The molecule has 0 aliphatic rings. The molecular weight excluding hydrogens is 232 g/mol. The number of nitrogens with zero attached hydrogens (tertiary/aromatic N) is 1. The smallest absolute Gasteiger partial charge is 0.326 e. The zero-order valence-corrected chi connectivity index (χ0v) is 12.3.